The lowest BCUT2D eigenvalue weighted by atomic mass is 9.84. The van der Waals surface area contributed by atoms with Gasteiger partial charge in [0, 0.05) is 35.1 Å². The maximum absolute atomic E-state index is 12.3. The monoisotopic (exact) mass is 419 g/mol. The normalized spacial score (nSPS) is 21.3. The fraction of sp³-hybridized carbons (Fsp3) is 0.440. The SMILES string of the molecule is CC(=O)N1c2ccc(C(=O)N=O)cc2C(Nc2ccc(C3CCCCC3)cc2)CC1C. The lowest BCUT2D eigenvalue weighted by Gasteiger charge is -2.39. The molecule has 0 bridgehead atoms. The molecule has 0 radical (unpaired) electrons. The van der Waals surface area contributed by atoms with Crippen molar-refractivity contribution in [1.82, 2.24) is 0 Å². The quantitative estimate of drug-likeness (QED) is 0.622. The third-order valence-electron chi connectivity index (χ3n) is 6.68. The van der Waals surface area contributed by atoms with Crippen molar-refractivity contribution in [3.8, 4) is 0 Å². The number of nitrogens with one attached hydrogen (secondary N) is 1. The highest BCUT2D eigenvalue weighted by atomic mass is 16.3. The van der Waals surface area contributed by atoms with Gasteiger partial charge in [-0.2, -0.15) is 0 Å². The highest BCUT2D eigenvalue weighted by Crippen LogP contribution is 2.40. The van der Waals surface area contributed by atoms with Crippen LogP contribution in [0.1, 0.15) is 85.8 Å². The van der Waals surface area contributed by atoms with Crippen LogP contribution in [0.2, 0.25) is 0 Å². The van der Waals surface area contributed by atoms with Crippen molar-refractivity contribution in [3.05, 3.63) is 64.1 Å². The van der Waals surface area contributed by atoms with E-state index >= 15 is 0 Å². The average molecular weight is 420 g/mol. The van der Waals surface area contributed by atoms with Crippen molar-refractivity contribution < 1.29 is 9.59 Å². The number of hydrogen-bond donors (Lipinski definition) is 1. The summed E-state index contributed by atoms with van der Waals surface area (Å²) >= 11 is 0. The Morgan fingerprint density at radius 1 is 1.03 bits per heavy atom. The van der Waals surface area contributed by atoms with Gasteiger partial charge in [0.15, 0.2) is 0 Å². The first-order valence-electron chi connectivity index (χ1n) is 11.2. The molecule has 0 spiro atoms. The summed E-state index contributed by atoms with van der Waals surface area (Å²) in [5.74, 6) is -0.185. The Labute approximate surface area is 183 Å². The zero-order valence-electron chi connectivity index (χ0n) is 18.1. The summed E-state index contributed by atoms with van der Waals surface area (Å²) in [5, 5.41) is 6.13. The van der Waals surface area contributed by atoms with E-state index in [9.17, 15) is 14.5 Å². The number of carbonyl (C=O) groups excluding carboxylic acids is 2. The van der Waals surface area contributed by atoms with Crippen LogP contribution < -0.4 is 10.2 Å². The van der Waals surface area contributed by atoms with Crippen molar-refractivity contribution in [1.29, 1.82) is 0 Å². The summed E-state index contributed by atoms with van der Waals surface area (Å²) in [7, 11) is 0. The van der Waals surface area contributed by atoms with E-state index in [1.165, 1.54) is 37.7 Å². The van der Waals surface area contributed by atoms with Crippen LogP contribution in [0.3, 0.4) is 0 Å². The molecule has 162 valence electrons. The van der Waals surface area contributed by atoms with Crippen LogP contribution >= 0.6 is 0 Å². The van der Waals surface area contributed by atoms with E-state index < -0.39 is 5.91 Å². The predicted octanol–water partition coefficient (Wildman–Crippen LogP) is 5.94. The zero-order valence-corrected chi connectivity index (χ0v) is 18.1. The lowest BCUT2D eigenvalue weighted by molar-refractivity contribution is -0.117. The van der Waals surface area contributed by atoms with Crippen molar-refractivity contribution in [3.63, 3.8) is 0 Å². The molecule has 31 heavy (non-hydrogen) atoms. The molecule has 2 amide bonds. The summed E-state index contributed by atoms with van der Waals surface area (Å²) < 4.78 is 0. The van der Waals surface area contributed by atoms with E-state index in [-0.39, 0.29) is 23.6 Å². The molecule has 1 aliphatic carbocycles. The molecule has 2 aromatic carbocycles. The number of benzene rings is 2. The second-order valence-electron chi connectivity index (χ2n) is 8.80. The minimum atomic E-state index is -0.800. The van der Waals surface area contributed by atoms with Gasteiger partial charge >= 0.3 is 5.91 Å². The first-order chi connectivity index (χ1) is 15.0. The molecule has 2 atom stereocenters. The Morgan fingerprint density at radius 2 is 1.74 bits per heavy atom. The van der Waals surface area contributed by atoms with Crippen LogP contribution in [0.4, 0.5) is 11.4 Å². The number of nitroso groups, excluding NO2 is 1. The van der Waals surface area contributed by atoms with Crippen LogP contribution in [0.15, 0.2) is 47.6 Å². The third-order valence-corrected chi connectivity index (χ3v) is 6.68. The highest BCUT2D eigenvalue weighted by Gasteiger charge is 2.33. The van der Waals surface area contributed by atoms with E-state index in [1.807, 2.05) is 6.92 Å². The molecule has 2 unspecified atom stereocenters. The number of hydrogen-bond acceptors (Lipinski definition) is 4. The lowest BCUT2D eigenvalue weighted by Crippen LogP contribution is -2.43. The van der Waals surface area contributed by atoms with E-state index in [2.05, 4.69) is 34.8 Å². The van der Waals surface area contributed by atoms with Gasteiger partial charge in [0.05, 0.1) is 6.04 Å². The number of nitrogens with zero attached hydrogens (tertiary/aromatic N) is 2. The molecule has 2 aromatic rings. The topological polar surface area (TPSA) is 78.8 Å². The fourth-order valence-electron chi connectivity index (χ4n) is 5.15. The second kappa shape index (κ2) is 9.00. The minimum Gasteiger partial charge on any atom is -0.378 e. The Morgan fingerprint density at radius 3 is 2.39 bits per heavy atom. The van der Waals surface area contributed by atoms with E-state index in [1.54, 1.807) is 30.0 Å². The number of anilines is 2. The molecule has 4 rings (SSSR count). The Hall–Kier alpha value is -3.02. The van der Waals surface area contributed by atoms with Gasteiger partial charge in [0.2, 0.25) is 5.91 Å². The Bertz CT molecular complexity index is 980. The molecule has 2 aliphatic rings. The van der Waals surface area contributed by atoms with Crippen molar-refractivity contribution in [2.45, 2.75) is 70.4 Å². The van der Waals surface area contributed by atoms with Crippen molar-refractivity contribution in [2.75, 3.05) is 10.2 Å². The summed E-state index contributed by atoms with van der Waals surface area (Å²) in [5.41, 5.74) is 4.25. The standard InChI is InChI=1S/C25H29N3O3/c1-16-14-23(26-21-11-8-19(9-12-21)18-6-4-3-5-7-18)22-15-20(25(30)27-31)10-13-24(22)28(16)17(2)29/h8-13,15-16,18,23,26H,3-7,14H2,1-2H3. The number of amides is 2. The smallest absolute Gasteiger partial charge is 0.316 e. The predicted molar refractivity (Wildman–Crippen MR) is 122 cm³/mol. The van der Waals surface area contributed by atoms with Crippen LogP contribution in [0.5, 0.6) is 0 Å². The first kappa shape index (κ1) is 21.2. The third kappa shape index (κ3) is 4.38. The van der Waals surface area contributed by atoms with Crippen molar-refractivity contribution in [2.24, 2.45) is 5.18 Å². The van der Waals surface area contributed by atoms with Crippen LogP contribution in [-0.2, 0) is 4.79 Å². The number of carbonyl (C=O) groups is 2. The summed E-state index contributed by atoms with van der Waals surface area (Å²) in [4.78, 5) is 36.6. The van der Waals surface area contributed by atoms with Crippen LogP contribution in [0, 0.1) is 4.91 Å². The van der Waals surface area contributed by atoms with Gasteiger partial charge in [-0.1, -0.05) is 31.4 Å². The molecule has 0 aromatic heterocycles. The largest absolute Gasteiger partial charge is 0.378 e. The van der Waals surface area contributed by atoms with Crippen LogP contribution in [-0.4, -0.2) is 17.9 Å². The molecule has 1 fully saturated rings. The minimum absolute atomic E-state index is 0.00904. The Kier molecular flexibility index (Phi) is 6.16. The van der Waals surface area contributed by atoms with Crippen LogP contribution in [0.25, 0.3) is 0 Å². The summed E-state index contributed by atoms with van der Waals surface area (Å²) in [6.07, 6.45) is 7.20. The second-order valence-corrected chi connectivity index (χ2v) is 8.80. The molecule has 0 saturated heterocycles. The zero-order chi connectivity index (χ0) is 22.0. The summed E-state index contributed by atoms with van der Waals surface area (Å²) in [6.45, 7) is 3.57. The average Bonchev–Trinajstić information content (AvgIpc) is 2.79. The van der Waals surface area contributed by atoms with Gasteiger partial charge < -0.3 is 10.2 Å². The van der Waals surface area contributed by atoms with E-state index in [0.717, 1.165) is 16.9 Å². The molecule has 6 heteroatoms. The van der Waals surface area contributed by atoms with Gasteiger partial charge in [-0.25, -0.2) is 0 Å². The molecule has 1 N–H and O–H groups in total. The molecule has 1 aliphatic heterocycles. The van der Waals surface area contributed by atoms with E-state index in [0.29, 0.717) is 12.3 Å². The van der Waals surface area contributed by atoms with Gasteiger partial charge in [-0.05, 0) is 73.6 Å². The first-order valence-corrected chi connectivity index (χ1v) is 11.2. The molecule has 1 saturated carbocycles. The molecular formula is C25H29N3O3. The number of rotatable bonds is 4. The Balaban J connectivity index is 1.62. The van der Waals surface area contributed by atoms with Gasteiger partial charge in [0.1, 0.15) is 0 Å². The fourth-order valence-corrected chi connectivity index (χ4v) is 5.15. The maximum atomic E-state index is 12.3. The summed E-state index contributed by atoms with van der Waals surface area (Å²) in [6, 6.07) is 13.6. The van der Waals surface area contributed by atoms with Gasteiger partial charge in [-0.15, -0.1) is 4.91 Å². The van der Waals surface area contributed by atoms with Gasteiger partial charge in [-0.3, -0.25) is 9.59 Å². The molecular weight excluding hydrogens is 390 g/mol. The molecule has 1 heterocycles. The van der Waals surface area contributed by atoms with Crippen molar-refractivity contribution >= 4 is 23.2 Å². The molecule has 6 nitrogen and oxygen atoms in total. The van der Waals surface area contributed by atoms with E-state index in [4.69, 9.17) is 0 Å². The van der Waals surface area contributed by atoms with Gasteiger partial charge in [0.25, 0.3) is 0 Å². The highest BCUT2D eigenvalue weighted by molar-refractivity contribution is 5.98. The number of fused-ring (bicyclic) bond motifs is 1. The maximum Gasteiger partial charge on any atom is 0.316 e.